The molecule has 0 saturated carbocycles. The molecule has 2 aromatic carbocycles. The smallest absolute Gasteiger partial charge is 0.337 e. The Morgan fingerprint density at radius 3 is 2.35 bits per heavy atom. The number of ether oxygens (including phenoxy) is 2. The molecule has 1 amide bonds. The highest BCUT2D eigenvalue weighted by Gasteiger charge is 2.11. The number of hydrogen-bond donors (Lipinski definition) is 2. The van der Waals surface area contributed by atoms with Gasteiger partial charge in [-0.05, 0) is 35.9 Å². The molecule has 0 aliphatic rings. The molecule has 0 bridgehead atoms. The summed E-state index contributed by atoms with van der Waals surface area (Å²) in [5.74, 6) is -0.325. The summed E-state index contributed by atoms with van der Waals surface area (Å²) in [5, 5.41) is 12.5. The van der Waals surface area contributed by atoms with Gasteiger partial charge < -0.3 is 19.9 Å². The highest BCUT2D eigenvalue weighted by atomic mass is 16.5. The number of amides is 1. The Labute approximate surface area is 133 Å². The molecule has 0 atom stereocenters. The second-order valence-electron chi connectivity index (χ2n) is 4.80. The van der Waals surface area contributed by atoms with Crippen molar-refractivity contribution in [2.24, 2.45) is 0 Å². The second kappa shape index (κ2) is 7.31. The van der Waals surface area contributed by atoms with E-state index in [9.17, 15) is 14.7 Å². The molecule has 2 N–H and O–H groups in total. The van der Waals surface area contributed by atoms with Crippen molar-refractivity contribution in [1.82, 2.24) is 0 Å². The largest absolute Gasteiger partial charge is 0.506 e. The topological polar surface area (TPSA) is 84.9 Å². The first-order valence-corrected chi connectivity index (χ1v) is 6.87. The SMILES string of the molecule is COC(=O)c1ccc(NC(=O)Cc2ccc(OC)cc2)c(O)c1. The van der Waals surface area contributed by atoms with E-state index in [2.05, 4.69) is 10.1 Å². The standard InChI is InChI=1S/C17H17NO5/c1-22-13-6-3-11(4-7-13)9-16(20)18-14-8-5-12(10-15(14)19)17(21)23-2/h3-8,10,19H,9H2,1-2H3,(H,18,20). The number of benzene rings is 2. The van der Waals surface area contributed by atoms with Crippen molar-refractivity contribution in [3.63, 3.8) is 0 Å². The highest BCUT2D eigenvalue weighted by molar-refractivity contribution is 5.95. The number of esters is 1. The predicted molar refractivity (Wildman–Crippen MR) is 84.8 cm³/mol. The zero-order valence-corrected chi connectivity index (χ0v) is 12.8. The molecule has 0 spiro atoms. The van der Waals surface area contributed by atoms with Crippen LogP contribution in [0.4, 0.5) is 5.69 Å². The third-order valence-electron chi connectivity index (χ3n) is 3.22. The summed E-state index contributed by atoms with van der Waals surface area (Å²) in [6.45, 7) is 0. The van der Waals surface area contributed by atoms with Gasteiger partial charge in [0.1, 0.15) is 11.5 Å². The first kappa shape index (κ1) is 16.4. The van der Waals surface area contributed by atoms with E-state index in [0.717, 1.165) is 5.56 Å². The minimum Gasteiger partial charge on any atom is -0.506 e. The number of rotatable bonds is 5. The summed E-state index contributed by atoms with van der Waals surface area (Å²) >= 11 is 0. The molecule has 120 valence electrons. The molecule has 0 saturated heterocycles. The van der Waals surface area contributed by atoms with Gasteiger partial charge in [-0.15, -0.1) is 0 Å². The van der Waals surface area contributed by atoms with Gasteiger partial charge in [0, 0.05) is 0 Å². The van der Waals surface area contributed by atoms with Gasteiger partial charge in [-0.3, -0.25) is 4.79 Å². The molecule has 0 unspecified atom stereocenters. The molecule has 2 aromatic rings. The highest BCUT2D eigenvalue weighted by Crippen LogP contribution is 2.25. The van der Waals surface area contributed by atoms with E-state index in [1.165, 1.54) is 25.3 Å². The fourth-order valence-electron chi connectivity index (χ4n) is 2.01. The van der Waals surface area contributed by atoms with Crippen LogP contribution in [0.2, 0.25) is 0 Å². The van der Waals surface area contributed by atoms with E-state index in [4.69, 9.17) is 4.74 Å². The molecule has 0 fully saturated rings. The summed E-state index contributed by atoms with van der Waals surface area (Å²) in [7, 11) is 2.83. The van der Waals surface area contributed by atoms with Gasteiger partial charge >= 0.3 is 5.97 Å². The van der Waals surface area contributed by atoms with Crippen molar-refractivity contribution in [1.29, 1.82) is 0 Å². The van der Waals surface area contributed by atoms with E-state index < -0.39 is 5.97 Å². The number of carbonyl (C=O) groups excluding carboxylic acids is 2. The van der Waals surface area contributed by atoms with Crippen molar-refractivity contribution in [2.45, 2.75) is 6.42 Å². The minimum absolute atomic E-state index is 0.155. The first-order chi connectivity index (χ1) is 11.0. The van der Waals surface area contributed by atoms with Crippen molar-refractivity contribution < 1.29 is 24.2 Å². The van der Waals surface area contributed by atoms with Gasteiger partial charge in [-0.2, -0.15) is 0 Å². The Bertz CT molecular complexity index is 709. The molecule has 6 nitrogen and oxygen atoms in total. The van der Waals surface area contributed by atoms with E-state index in [1.807, 2.05) is 0 Å². The lowest BCUT2D eigenvalue weighted by Crippen LogP contribution is -2.14. The van der Waals surface area contributed by atoms with E-state index >= 15 is 0 Å². The van der Waals surface area contributed by atoms with E-state index in [0.29, 0.717) is 5.75 Å². The third kappa shape index (κ3) is 4.23. The number of nitrogens with one attached hydrogen (secondary N) is 1. The van der Waals surface area contributed by atoms with Crippen LogP contribution >= 0.6 is 0 Å². The van der Waals surface area contributed by atoms with Gasteiger partial charge in [0.05, 0.1) is 31.9 Å². The molecular formula is C17H17NO5. The number of anilines is 1. The van der Waals surface area contributed by atoms with Crippen LogP contribution in [0.15, 0.2) is 42.5 Å². The zero-order valence-electron chi connectivity index (χ0n) is 12.8. The van der Waals surface area contributed by atoms with Gasteiger partial charge in [0.25, 0.3) is 0 Å². The van der Waals surface area contributed by atoms with Crippen LogP contribution in [0, 0.1) is 0 Å². The average molecular weight is 315 g/mol. The summed E-state index contributed by atoms with van der Waals surface area (Å²) in [6.07, 6.45) is 0.155. The monoisotopic (exact) mass is 315 g/mol. The van der Waals surface area contributed by atoms with Crippen LogP contribution in [0.3, 0.4) is 0 Å². The van der Waals surface area contributed by atoms with Crippen LogP contribution < -0.4 is 10.1 Å². The number of methoxy groups -OCH3 is 2. The lowest BCUT2D eigenvalue weighted by Gasteiger charge is -2.09. The Morgan fingerprint density at radius 1 is 1.09 bits per heavy atom. The average Bonchev–Trinajstić information content (AvgIpc) is 2.56. The number of phenols is 1. The fourth-order valence-corrected chi connectivity index (χ4v) is 2.01. The molecule has 0 heterocycles. The van der Waals surface area contributed by atoms with Gasteiger partial charge in [0.15, 0.2) is 0 Å². The number of phenolic OH excluding ortho intramolecular Hbond substituents is 1. The van der Waals surface area contributed by atoms with Crippen LogP contribution in [-0.2, 0) is 16.0 Å². The summed E-state index contributed by atoms with van der Waals surface area (Å²) < 4.78 is 9.62. The number of aromatic hydroxyl groups is 1. The van der Waals surface area contributed by atoms with Gasteiger partial charge in [-0.25, -0.2) is 4.79 Å². The predicted octanol–water partition coefficient (Wildman–Crippen LogP) is 2.37. The van der Waals surface area contributed by atoms with Crippen molar-refractivity contribution in [3.8, 4) is 11.5 Å². The summed E-state index contributed by atoms with van der Waals surface area (Å²) in [5.41, 5.74) is 1.25. The van der Waals surface area contributed by atoms with Crippen LogP contribution in [-0.4, -0.2) is 31.2 Å². The second-order valence-corrected chi connectivity index (χ2v) is 4.80. The third-order valence-corrected chi connectivity index (χ3v) is 3.22. The molecule has 0 aliphatic carbocycles. The molecule has 2 rings (SSSR count). The lowest BCUT2D eigenvalue weighted by molar-refractivity contribution is -0.115. The molecular weight excluding hydrogens is 298 g/mol. The maximum Gasteiger partial charge on any atom is 0.337 e. The Kier molecular flexibility index (Phi) is 5.19. The molecule has 6 heteroatoms. The molecule has 0 radical (unpaired) electrons. The molecule has 0 aliphatic heterocycles. The Hall–Kier alpha value is -3.02. The molecule has 23 heavy (non-hydrogen) atoms. The van der Waals surface area contributed by atoms with E-state index in [1.54, 1.807) is 31.4 Å². The Morgan fingerprint density at radius 2 is 1.78 bits per heavy atom. The van der Waals surface area contributed by atoms with Crippen molar-refractivity contribution in [3.05, 3.63) is 53.6 Å². The first-order valence-electron chi connectivity index (χ1n) is 6.87. The van der Waals surface area contributed by atoms with Crippen molar-refractivity contribution >= 4 is 17.6 Å². The maximum atomic E-state index is 12.0. The van der Waals surface area contributed by atoms with Crippen molar-refractivity contribution in [2.75, 3.05) is 19.5 Å². The van der Waals surface area contributed by atoms with Crippen LogP contribution in [0.25, 0.3) is 0 Å². The maximum absolute atomic E-state index is 12.0. The summed E-state index contributed by atoms with van der Waals surface area (Å²) in [6, 6.07) is 11.3. The Balaban J connectivity index is 2.03. The van der Waals surface area contributed by atoms with E-state index in [-0.39, 0.29) is 29.3 Å². The quantitative estimate of drug-likeness (QED) is 0.653. The fraction of sp³-hybridized carbons (Fsp3) is 0.176. The van der Waals surface area contributed by atoms with Crippen LogP contribution in [0.1, 0.15) is 15.9 Å². The lowest BCUT2D eigenvalue weighted by atomic mass is 10.1. The van der Waals surface area contributed by atoms with Gasteiger partial charge in [0.2, 0.25) is 5.91 Å². The summed E-state index contributed by atoms with van der Waals surface area (Å²) in [4.78, 5) is 23.4. The van der Waals surface area contributed by atoms with Gasteiger partial charge in [-0.1, -0.05) is 12.1 Å². The number of carbonyl (C=O) groups is 2. The molecule has 0 aromatic heterocycles. The zero-order chi connectivity index (χ0) is 16.8. The van der Waals surface area contributed by atoms with Crippen LogP contribution in [0.5, 0.6) is 11.5 Å². The number of hydrogen-bond acceptors (Lipinski definition) is 5. The minimum atomic E-state index is -0.559. The normalized spacial score (nSPS) is 10.0.